The van der Waals surface area contributed by atoms with Crippen molar-refractivity contribution in [1.82, 2.24) is 4.90 Å². The van der Waals surface area contributed by atoms with E-state index in [1.165, 1.54) is 30.2 Å². The summed E-state index contributed by atoms with van der Waals surface area (Å²) in [5, 5.41) is 6.20. The molecule has 1 aliphatic heterocycles. The third-order valence-electron chi connectivity index (χ3n) is 6.46. The predicted molar refractivity (Wildman–Crippen MR) is 170 cm³/mol. The lowest BCUT2D eigenvalue weighted by molar-refractivity contribution is -0.115. The van der Waals surface area contributed by atoms with Crippen LogP contribution < -0.4 is 10.6 Å². The van der Waals surface area contributed by atoms with Gasteiger partial charge in [0.15, 0.2) is 0 Å². The van der Waals surface area contributed by atoms with Crippen LogP contribution in [-0.2, 0) is 27.2 Å². The molecule has 3 amide bonds. The molecular formula is C31H34ClN3O6S2. The summed E-state index contributed by atoms with van der Waals surface area (Å²) in [5.74, 6) is -1.10. The van der Waals surface area contributed by atoms with E-state index in [4.69, 9.17) is 21.1 Å². The molecule has 0 bridgehead atoms. The summed E-state index contributed by atoms with van der Waals surface area (Å²) in [6.07, 6.45) is 0.524. The number of amides is 3. The molecule has 0 saturated heterocycles. The molecule has 2 N–H and O–H groups in total. The van der Waals surface area contributed by atoms with Gasteiger partial charge in [0.05, 0.1) is 24.5 Å². The van der Waals surface area contributed by atoms with E-state index < -0.39 is 22.9 Å². The second kappa shape index (κ2) is 13.8. The number of benzene rings is 2. The van der Waals surface area contributed by atoms with Crippen LogP contribution in [0.1, 0.15) is 65.3 Å². The number of nitrogens with one attached hydrogen (secondary N) is 2. The van der Waals surface area contributed by atoms with E-state index in [-0.39, 0.29) is 18.4 Å². The van der Waals surface area contributed by atoms with Gasteiger partial charge < -0.3 is 25.0 Å². The minimum atomic E-state index is -0.628. The first-order chi connectivity index (χ1) is 20.4. The van der Waals surface area contributed by atoms with Crippen LogP contribution in [0.4, 0.5) is 15.5 Å². The van der Waals surface area contributed by atoms with Crippen molar-refractivity contribution in [2.75, 3.05) is 24.3 Å². The number of carbonyl (C=O) groups excluding carboxylic acids is 4. The molecule has 4 rings (SSSR count). The molecule has 2 heterocycles. The molecule has 0 spiro atoms. The summed E-state index contributed by atoms with van der Waals surface area (Å²) in [5.41, 5.74) is 1.49. The highest BCUT2D eigenvalue weighted by Gasteiger charge is 2.33. The summed E-state index contributed by atoms with van der Waals surface area (Å²) < 4.78 is 10.6. The maximum atomic E-state index is 13.5. The van der Waals surface area contributed by atoms with Crippen molar-refractivity contribution in [2.45, 2.75) is 62.8 Å². The lowest BCUT2D eigenvalue weighted by Crippen LogP contribution is -2.39. The number of fused-ring (bicyclic) bond motifs is 1. The number of thiophene rings is 1. The Balaban J connectivity index is 1.48. The Morgan fingerprint density at radius 2 is 1.84 bits per heavy atom. The molecule has 3 aromatic rings. The molecule has 0 saturated carbocycles. The zero-order chi connectivity index (χ0) is 31.3. The number of carbonyl (C=O) groups is 4. The second-order valence-corrected chi connectivity index (χ2v) is 13.7. The molecule has 0 fully saturated rings. The van der Waals surface area contributed by atoms with Gasteiger partial charge in [-0.05, 0) is 75.6 Å². The fraction of sp³-hybridized carbons (Fsp3) is 0.355. The van der Waals surface area contributed by atoms with Crippen molar-refractivity contribution in [2.24, 2.45) is 0 Å². The van der Waals surface area contributed by atoms with Gasteiger partial charge >= 0.3 is 12.1 Å². The van der Waals surface area contributed by atoms with Gasteiger partial charge in [-0.1, -0.05) is 30.7 Å². The first-order valence-electron chi connectivity index (χ1n) is 13.7. The fourth-order valence-electron chi connectivity index (χ4n) is 4.45. The molecule has 1 unspecified atom stereocenters. The maximum absolute atomic E-state index is 13.5. The van der Waals surface area contributed by atoms with E-state index in [9.17, 15) is 19.2 Å². The molecule has 1 aromatic heterocycles. The van der Waals surface area contributed by atoms with Crippen LogP contribution in [0.5, 0.6) is 0 Å². The number of hydrogen-bond acceptors (Lipinski definition) is 8. The number of hydrogen-bond donors (Lipinski definition) is 2. The van der Waals surface area contributed by atoms with E-state index in [1.807, 2.05) is 33.8 Å². The van der Waals surface area contributed by atoms with Gasteiger partial charge in [0.25, 0.3) is 5.91 Å². The van der Waals surface area contributed by atoms with Crippen LogP contribution in [0.2, 0.25) is 5.02 Å². The minimum absolute atomic E-state index is 0.270. The third kappa shape index (κ3) is 8.31. The van der Waals surface area contributed by atoms with Crippen molar-refractivity contribution < 1.29 is 28.7 Å². The predicted octanol–water partition coefficient (Wildman–Crippen LogP) is 7.24. The van der Waals surface area contributed by atoms with Gasteiger partial charge in [0.2, 0.25) is 5.91 Å². The van der Waals surface area contributed by atoms with Gasteiger partial charge in [-0.3, -0.25) is 9.59 Å². The van der Waals surface area contributed by atoms with Crippen LogP contribution in [-0.4, -0.2) is 53.3 Å². The van der Waals surface area contributed by atoms with E-state index in [2.05, 4.69) is 10.6 Å². The van der Waals surface area contributed by atoms with E-state index in [0.717, 1.165) is 15.3 Å². The average Bonchev–Trinajstić information content (AvgIpc) is 3.31. The number of methoxy groups -OCH3 is 1. The number of nitrogens with zero attached hydrogens (tertiary/aromatic N) is 1. The Bertz CT molecular complexity index is 1530. The number of ether oxygens (including phenoxy) is 2. The monoisotopic (exact) mass is 643 g/mol. The highest BCUT2D eigenvalue weighted by molar-refractivity contribution is 8.00. The van der Waals surface area contributed by atoms with Gasteiger partial charge in [0, 0.05) is 32.6 Å². The highest BCUT2D eigenvalue weighted by atomic mass is 35.5. The Morgan fingerprint density at radius 1 is 1.09 bits per heavy atom. The number of thioether (sulfide) groups is 1. The normalized spacial score (nSPS) is 13.5. The zero-order valence-corrected chi connectivity index (χ0v) is 27.0. The topological polar surface area (TPSA) is 114 Å². The summed E-state index contributed by atoms with van der Waals surface area (Å²) in [7, 11) is 1.30. The lowest BCUT2D eigenvalue weighted by atomic mass is 10.0. The second-order valence-electron chi connectivity index (χ2n) is 10.8. The Morgan fingerprint density at radius 3 is 2.51 bits per heavy atom. The lowest BCUT2D eigenvalue weighted by Gasteiger charge is -2.30. The van der Waals surface area contributed by atoms with Gasteiger partial charge in [-0.25, -0.2) is 9.59 Å². The first kappa shape index (κ1) is 32.4. The molecule has 2 aromatic carbocycles. The van der Waals surface area contributed by atoms with Crippen LogP contribution in [0.25, 0.3) is 0 Å². The Kier molecular flexibility index (Phi) is 10.4. The largest absolute Gasteiger partial charge is 0.465 e. The summed E-state index contributed by atoms with van der Waals surface area (Å²) in [6, 6.07) is 13.9. The first-order valence-corrected chi connectivity index (χ1v) is 15.8. The SMILES string of the molecule is CCC(Sc1cccc(NC(=O)c2cccc(Cl)c2)c1)C(=O)Nc1sc2c(c1C(=O)OC)CCN(C(=O)OC(C)(C)C)C2. The molecule has 1 aliphatic rings. The maximum Gasteiger partial charge on any atom is 0.410 e. The van der Waals surface area contributed by atoms with Crippen LogP contribution in [0.3, 0.4) is 0 Å². The number of anilines is 2. The fourth-order valence-corrected chi connectivity index (χ4v) is 6.91. The van der Waals surface area contributed by atoms with E-state index in [1.54, 1.807) is 47.4 Å². The van der Waals surface area contributed by atoms with Gasteiger partial charge in [-0.2, -0.15) is 0 Å². The molecule has 0 radical (unpaired) electrons. The quantitative estimate of drug-likeness (QED) is 0.196. The van der Waals surface area contributed by atoms with Crippen molar-refractivity contribution in [3.05, 3.63) is 75.1 Å². The van der Waals surface area contributed by atoms with Crippen LogP contribution in [0.15, 0.2) is 53.4 Å². The molecule has 1 atom stereocenters. The van der Waals surface area contributed by atoms with Crippen molar-refractivity contribution in [3.63, 3.8) is 0 Å². The van der Waals surface area contributed by atoms with Crippen LogP contribution >= 0.6 is 34.7 Å². The third-order valence-corrected chi connectivity index (χ3v) is 9.18. The summed E-state index contributed by atoms with van der Waals surface area (Å²) in [6.45, 7) is 7.99. The van der Waals surface area contributed by atoms with Crippen LogP contribution in [0, 0.1) is 0 Å². The molecule has 0 aliphatic carbocycles. The van der Waals surface area contributed by atoms with Crippen molar-refractivity contribution in [1.29, 1.82) is 0 Å². The number of halogens is 1. The average molecular weight is 644 g/mol. The van der Waals surface area contributed by atoms with Gasteiger partial charge in [-0.15, -0.1) is 23.1 Å². The number of rotatable bonds is 8. The van der Waals surface area contributed by atoms with E-state index in [0.29, 0.717) is 46.2 Å². The molecule has 228 valence electrons. The summed E-state index contributed by atoms with van der Waals surface area (Å²) in [4.78, 5) is 54.8. The molecule has 9 nitrogen and oxygen atoms in total. The van der Waals surface area contributed by atoms with Crippen molar-refractivity contribution in [3.8, 4) is 0 Å². The Hall–Kier alpha value is -3.54. The standard InChI is InChI=1S/C31H34ClN3O6S2/c1-6-23(42-21-12-8-11-20(16-21)33-26(36)18-9-7-10-19(32)15-18)27(37)34-28-25(29(38)40-5)22-13-14-35(17-24(22)43-28)30(39)41-31(2,3)4/h7-12,15-16,23H,6,13-14,17H2,1-5H3,(H,33,36)(H,34,37). The minimum Gasteiger partial charge on any atom is -0.465 e. The zero-order valence-electron chi connectivity index (χ0n) is 24.6. The highest BCUT2D eigenvalue weighted by Crippen LogP contribution is 2.39. The van der Waals surface area contributed by atoms with E-state index >= 15 is 0 Å². The van der Waals surface area contributed by atoms with Crippen molar-refractivity contribution >= 4 is 69.3 Å². The van der Waals surface area contributed by atoms with Gasteiger partial charge in [0.1, 0.15) is 10.6 Å². The molecule has 12 heteroatoms. The molecule has 43 heavy (non-hydrogen) atoms. The molecular weight excluding hydrogens is 610 g/mol. The smallest absolute Gasteiger partial charge is 0.410 e. The summed E-state index contributed by atoms with van der Waals surface area (Å²) >= 11 is 8.64. The Labute approximate surface area is 264 Å². The number of esters is 1.